The molecule has 2 saturated heterocycles. The van der Waals surface area contributed by atoms with Crippen LogP contribution in [-0.4, -0.2) is 47.6 Å². The van der Waals surface area contributed by atoms with Crippen molar-refractivity contribution in [3.05, 3.63) is 0 Å². The number of nitrogens with zero attached hydrogens (tertiary/aromatic N) is 1. The summed E-state index contributed by atoms with van der Waals surface area (Å²) >= 11 is 0. The molecule has 0 saturated carbocycles. The van der Waals surface area contributed by atoms with E-state index in [2.05, 4.69) is 12.2 Å². The van der Waals surface area contributed by atoms with Crippen molar-refractivity contribution < 1.29 is 14.3 Å². The number of hydrogen-bond donors (Lipinski definition) is 1. The molecule has 0 aromatic heterocycles. The molecular formula is C14H24N2O3. The second kappa shape index (κ2) is 5.12. The average molecular weight is 268 g/mol. The van der Waals surface area contributed by atoms with E-state index in [0.29, 0.717) is 32.6 Å². The molecule has 1 unspecified atom stereocenters. The summed E-state index contributed by atoms with van der Waals surface area (Å²) in [6.07, 6.45) is 2.68. The summed E-state index contributed by atoms with van der Waals surface area (Å²) in [5.41, 5.74) is -0.951. The number of nitrogens with one attached hydrogen (secondary N) is 1. The highest BCUT2D eigenvalue weighted by atomic mass is 16.5. The number of carbonyl (C=O) groups excluding carboxylic acids is 2. The SMILES string of the molecule is CCC1(C)NC(=O)CCN(C2(C)CCOCC2)C1=O. The van der Waals surface area contributed by atoms with E-state index in [4.69, 9.17) is 4.74 Å². The van der Waals surface area contributed by atoms with E-state index in [1.54, 1.807) is 0 Å². The predicted octanol–water partition coefficient (Wildman–Crippen LogP) is 1.07. The topological polar surface area (TPSA) is 58.6 Å². The predicted molar refractivity (Wildman–Crippen MR) is 71.6 cm³/mol. The van der Waals surface area contributed by atoms with Crippen molar-refractivity contribution in [2.45, 2.75) is 57.5 Å². The number of ether oxygens (including phenoxy) is 1. The van der Waals surface area contributed by atoms with Crippen LogP contribution in [0.15, 0.2) is 0 Å². The largest absolute Gasteiger partial charge is 0.381 e. The summed E-state index contributed by atoms with van der Waals surface area (Å²) in [6.45, 7) is 7.76. The van der Waals surface area contributed by atoms with Gasteiger partial charge in [0.05, 0.1) is 0 Å². The van der Waals surface area contributed by atoms with E-state index in [0.717, 1.165) is 12.8 Å². The molecule has 0 radical (unpaired) electrons. The van der Waals surface area contributed by atoms with Crippen molar-refractivity contribution in [2.24, 2.45) is 0 Å². The molecule has 2 heterocycles. The molecule has 2 amide bonds. The highest BCUT2D eigenvalue weighted by Crippen LogP contribution is 2.31. The van der Waals surface area contributed by atoms with Gasteiger partial charge in [-0.25, -0.2) is 0 Å². The molecule has 0 bridgehead atoms. The van der Waals surface area contributed by atoms with Gasteiger partial charge < -0.3 is 15.0 Å². The molecule has 2 aliphatic rings. The molecule has 2 fully saturated rings. The first-order valence-corrected chi connectivity index (χ1v) is 7.12. The van der Waals surface area contributed by atoms with Gasteiger partial charge in [0.15, 0.2) is 0 Å². The molecule has 0 aliphatic carbocycles. The van der Waals surface area contributed by atoms with Crippen molar-refractivity contribution in [2.75, 3.05) is 19.8 Å². The van der Waals surface area contributed by atoms with Crippen LogP contribution in [0.5, 0.6) is 0 Å². The Morgan fingerprint density at radius 3 is 2.47 bits per heavy atom. The van der Waals surface area contributed by atoms with Crippen LogP contribution in [0.3, 0.4) is 0 Å². The number of hydrogen-bond acceptors (Lipinski definition) is 3. The third-order valence-corrected chi connectivity index (χ3v) is 4.62. The summed E-state index contributed by atoms with van der Waals surface area (Å²) in [7, 11) is 0. The van der Waals surface area contributed by atoms with Crippen LogP contribution < -0.4 is 5.32 Å². The van der Waals surface area contributed by atoms with Crippen LogP contribution >= 0.6 is 0 Å². The molecule has 1 N–H and O–H groups in total. The van der Waals surface area contributed by atoms with Gasteiger partial charge >= 0.3 is 0 Å². The maximum Gasteiger partial charge on any atom is 0.248 e. The zero-order chi connectivity index (χ0) is 14.1. The Kier molecular flexibility index (Phi) is 3.85. The fourth-order valence-electron chi connectivity index (χ4n) is 2.87. The zero-order valence-corrected chi connectivity index (χ0v) is 12.1. The van der Waals surface area contributed by atoms with Crippen molar-refractivity contribution >= 4 is 11.8 Å². The van der Waals surface area contributed by atoms with Gasteiger partial charge in [-0.1, -0.05) is 6.92 Å². The van der Waals surface area contributed by atoms with Crippen LogP contribution in [0.25, 0.3) is 0 Å². The molecule has 2 aliphatic heterocycles. The molecule has 5 nitrogen and oxygen atoms in total. The Balaban J connectivity index is 2.28. The van der Waals surface area contributed by atoms with E-state index < -0.39 is 5.54 Å². The van der Waals surface area contributed by atoms with Gasteiger partial charge in [-0.3, -0.25) is 9.59 Å². The van der Waals surface area contributed by atoms with Crippen molar-refractivity contribution in [1.29, 1.82) is 0 Å². The molecule has 0 aromatic carbocycles. The first-order valence-electron chi connectivity index (χ1n) is 7.12. The van der Waals surface area contributed by atoms with Gasteiger partial charge in [-0.2, -0.15) is 0 Å². The van der Waals surface area contributed by atoms with Crippen molar-refractivity contribution in [1.82, 2.24) is 10.2 Å². The van der Waals surface area contributed by atoms with Gasteiger partial charge in [0.1, 0.15) is 5.54 Å². The van der Waals surface area contributed by atoms with E-state index >= 15 is 0 Å². The highest BCUT2D eigenvalue weighted by molar-refractivity contribution is 5.93. The monoisotopic (exact) mass is 268 g/mol. The van der Waals surface area contributed by atoms with Crippen molar-refractivity contribution in [3.63, 3.8) is 0 Å². The fourth-order valence-corrected chi connectivity index (χ4v) is 2.87. The molecule has 0 spiro atoms. The third-order valence-electron chi connectivity index (χ3n) is 4.62. The smallest absolute Gasteiger partial charge is 0.248 e. The molecule has 108 valence electrons. The zero-order valence-electron chi connectivity index (χ0n) is 12.1. The number of rotatable bonds is 2. The fraction of sp³-hybridized carbons (Fsp3) is 0.857. The molecular weight excluding hydrogens is 244 g/mol. The van der Waals surface area contributed by atoms with Gasteiger partial charge in [0, 0.05) is 31.7 Å². The highest BCUT2D eigenvalue weighted by Gasteiger charge is 2.46. The number of amides is 2. The molecule has 0 aromatic rings. The lowest BCUT2D eigenvalue weighted by atomic mass is 9.87. The van der Waals surface area contributed by atoms with E-state index in [-0.39, 0.29) is 17.4 Å². The maximum atomic E-state index is 12.8. The Morgan fingerprint density at radius 2 is 1.89 bits per heavy atom. The van der Waals surface area contributed by atoms with E-state index in [1.807, 2.05) is 18.7 Å². The summed E-state index contributed by atoms with van der Waals surface area (Å²) < 4.78 is 5.40. The molecule has 2 rings (SSSR count). The first-order chi connectivity index (χ1) is 8.91. The quantitative estimate of drug-likeness (QED) is 0.815. The average Bonchev–Trinajstić information content (AvgIpc) is 2.49. The Labute approximate surface area is 114 Å². The molecule has 1 atom stereocenters. The minimum atomic E-state index is -0.769. The van der Waals surface area contributed by atoms with E-state index in [9.17, 15) is 9.59 Å². The van der Waals surface area contributed by atoms with Crippen LogP contribution in [-0.2, 0) is 14.3 Å². The maximum absolute atomic E-state index is 12.8. The minimum absolute atomic E-state index is 0.0316. The van der Waals surface area contributed by atoms with Crippen LogP contribution in [0.4, 0.5) is 0 Å². The second-order valence-corrected chi connectivity index (χ2v) is 6.05. The second-order valence-electron chi connectivity index (χ2n) is 6.05. The minimum Gasteiger partial charge on any atom is -0.381 e. The van der Waals surface area contributed by atoms with E-state index in [1.165, 1.54) is 0 Å². The van der Waals surface area contributed by atoms with Crippen LogP contribution in [0, 0.1) is 0 Å². The summed E-state index contributed by atoms with van der Waals surface area (Å²) in [5, 5.41) is 2.88. The normalized spacial score (nSPS) is 31.8. The lowest BCUT2D eigenvalue weighted by molar-refractivity contribution is -0.147. The summed E-state index contributed by atoms with van der Waals surface area (Å²) in [4.78, 5) is 26.6. The Morgan fingerprint density at radius 1 is 1.26 bits per heavy atom. The van der Waals surface area contributed by atoms with Gasteiger partial charge in [0.2, 0.25) is 11.8 Å². The molecule has 19 heavy (non-hydrogen) atoms. The molecule has 5 heteroatoms. The van der Waals surface area contributed by atoms with Gasteiger partial charge in [0.25, 0.3) is 0 Å². The van der Waals surface area contributed by atoms with Gasteiger partial charge in [-0.05, 0) is 33.1 Å². The first kappa shape index (κ1) is 14.3. The lowest BCUT2D eigenvalue weighted by Crippen LogP contribution is -2.61. The summed E-state index contributed by atoms with van der Waals surface area (Å²) in [6, 6.07) is 0. The summed E-state index contributed by atoms with van der Waals surface area (Å²) in [5.74, 6) is 0.0149. The Hall–Kier alpha value is -1.10. The Bertz CT molecular complexity index is 377. The third kappa shape index (κ3) is 2.61. The lowest BCUT2D eigenvalue weighted by Gasteiger charge is -2.45. The standard InChI is InChI=1S/C14H24N2O3/c1-4-14(3)12(18)16(8-5-11(17)15-14)13(2)6-9-19-10-7-13/h4-10H2,1-3H3,(H,15,17). The van der Waals surface area contributed by atoms with Gasteiger partial charge in [-0.15, -0.1) is 0 Å². The van der Waals surface area contributed by atoms with Crippen LogP contribution in [0.2, 0.25) is 0 Å². The number of carbonyl (C=O) groups is 2. The van der Waals surface area contributed by atoms with Crippen molar-refractivity contribution in [3.8, 4) is 0 Å². The van der Waals surface area contributed by atoms with Crippen LogP contribution in [0.1, 0.15) is 46.5 Å².